The van der Waals surface area contributed by atoms with Gasteiger partial charge >= 0.3 is 11.8 Å². The fourth-order valence-corrected chi connectivity index (χ4v) is 4.60. The van der Waals surface area contributed by atoms with Gasteiger partial charge in [-0.2, -0.15) is 0 Å². The molecule has 0 radical (unpaired) electrons. The molecule has 0 aliphatic carbocycles. The summed E-state index contributed by atoms with van der Waals surface area (Å²) in [4.78, 5) is 26.2. The van der Waals surface area contributed by atoms with Crippen molar-refractivity contribution < 1.29 is 23.1 Å². The van der Waals surface area contributed by atoms with Crippen molar-refractivity contribution in [3.8, 4) is 17.2 Å². The number of hydrogen-bond acceptors (Lipinski definition) is 9. The summed E-state index contributed by atoms with van der Waals surface area (Å²) >= 11 is 4.46. The van der Waals surface area contributed by atoms with Gasteiger partial charge in [-0.3, -0.25) is 4.52 Å². The number of hydrogen-bond donors (Lipinski definition) is 0. The molecule has 0 saturated carbocycles. The molecule has 1 aliphatic heterocycles. The van der Waals surface area contributed by atoms with Crippen molar-refractivity contribution in [2.24, 2.45) is 0 Å². The Kier molecular flexibility index (Phi) is 6.12. The number of nitrogens with zero attached hydrogens (tertiary/aromatic N) is 5. The summed E-state index contributed by atoms with van der Waals surface area (Å²) in [5.41, 5.74) is -0.0373. The number of amides is 1. The Morgan fingerprint density at radius 1 is 1.31 bits per heavy atom. The van der Waals surface area contributed by atoms with Crippen molar-refractivity contribution in [2.45, 2.75) is 43.1 Å². The minimum atomic E-state index is -0.769. The standard InChI is InChI=1S/C19H19BrFN5O5S/c1-19(2,3)29-17(27)25-7-6-11(9-25)32-16-14(22-31-24-16)15-23-30-18(28)26(15)10-4-5-13(21)12(20)8-10/h4-5,8,11H,6-7,9H2,1-3H3/t11-/m1/s1. The fourth-order valence-electron chi connectivity index (χ4n) is 3.12. The minimum Gasteiger partial charge on any atom is -0.444 e. The zero-order chi connectivity index (χ0) is 23.0. The molecule has 10 nitrogen and oxygen atoms in total. The minimum absolute atomic E-state index is 0.0141. The van der Waals surface area contributed by atoms with E-state index in [1.54, 1.807) is 4.90 Å². The summed E-state index contributed by atoms with van der Waals surface area (Å²) in [5.74, 6) is -1.18. The monoisotopic (exact) mass is 527 g/mol. The van der Waals surface area contributed by atoms with E-state index in [4.69, 9.17) is 13.9 Å². The smallest absolute Gasteiger partial charge is 0.444 e. The van der Waals surface area contributed by atoms with E-state index in [1.165, 1.54) is 30.0 Å². The van der Waals surface area contributed by atoms with Crippen LogP contribution in [0.5, 0.6) is 0 Å². The van der Waals surface area contributed by atoms with Gasteiger partial charge in [-0.25, -0.2) is 23.2 Å². The number of halogens is 2. The van der Waals surface area contributed by atoms with Crippen LogP contribution in [-0.4, -0.2) is 55.0 Å². The van der Waals surface area contributed by atoms with Crippen molar-refractivity contribution >= 4 is 33.8 Å². The van der Waals surface area contributed by atoms with Crippen molar-refractivity contribution in [2.75, 3.05) is 13.1 Å². The lowest BCUT2D eigenvalue weighted by atomic mass is 10.2. The average molecular weight is 528 g/mol. The molecule has 170 valence electrons. The summed E-state index contributed by atoms with van der Waals surface area (Å²) < 4.78 is 30.1. The van der Waals surface area contributed by atoms with Gasteiger partial charge in [0.05, 0.1) is 10.2 Å². The number of aromatic nitrogens is 4. The maximum absolute atomic E-state index is 13.6. The van der Waals surface area contributed by atoms with Crippen LogP contribution in [0.2, 0.25) is 0 Å². The molecule has 0 spiro atoms. The van der Waals surface area contributed by atoms with Crippen LogP contribution in [-0.2, 0) is 4.74 Å². The summed E-state index contributed by atoms with van der Waals surface area (Å²) in [7, 11) is 0. The lowest BCUT2D eigenvalue weighted by molar-refractivity contribution is 0.0295. The van der Waals surface area contributed by atoms with E-state index in [0.29, 0.717) is 30.2 Å². The van der Waals surface area contributed by atoms with Gasteiger partial charge in [0.25, 0.3) is 0 Å². The van der Waals surface area contributed by atoms with Gasteiger partial charge in [0.1, 0.15) is 11.4 Å². The van der Waals surface area contributed by atoms with Crippen molar-refractivity contribution in [3.63, 3.8) is 0 Å². The Balaban J connectivity index is 1.55. The first-order valence-corrected chi connectivity index (χ1v) is 11.3. The average Bonchev–Trinajstić information content (AvgIpc) is 3.43. The van der Waals surface area contributed by atoms with Crippen LogP contribution in [0.25, 0.3) is 17.2 Å². The van der Waals surface area contributed by atoms with Crippen LogP contribution in [0.15, 0.2) is 41.6 Å². The maximum Gasteiger partial charge on any atom is 0.446 e. The van der Waals surface area contributed by atoms with E-state index in [1.807, 2.05) is 20.8 Å². The largest absolute Gasteiger partial charge is 0.446 e. The molecule has 13 heteroatoms. The molecule has 1 amide bonds. The van der Waals surface area contributed by atoms with Crippen LogP contribution < -0.4 is 5.76 Å². The molecule has 1 fully saturated rings. The Morgan fingerprint density at radius 3 is 2.81 bits per heavy atom. The fraction of sp³-hybridized carbons (Fsp3) is 0.421. The van der Waals surface area contributed by atoms with Gasteiger partial charge in [0, 0.05) is 18.3 Å². The van der Waals surface area contributed by atoms with E-state index in [2.05, 4.69) is 31.4 Å². The molecule has 3 aromatic rings. The number of thioether (sulfide) groups is 1. The van der Waals surface area contributed by atoms with Crippen molar-refractivity contribution in [3.05, 3.63) is 39.0 Å². The van der Waals surface area contributed by atoms with Crippen molar-refractivity contribution in [1.29, 1.82) is 0 Å². The van der Waals surface area contributed by atoms with Crippen LogP contribution in [0, 0.1) is 5.82 Å². The van der Waals surface area contributed by atoms with Gasteiger partial charge in [-0.15, -0.1) is 0 Å². The van der Waals surface area contributed by atoms with Crippen molar-refractivity contribution in [1.82, 2.24) is 24.9 Å². The first-order chi connectivity index (χ1) is 15.1. The second kappa shape index (κ2) is 8.70. The number of likely N-dealkylation sites (tertiary alicyclic amines) is 1. The molecule has 4 rings (SSSR count). The van der Waals surface area contributed by atoms with E-state index in [0.717, 1.165) is 4.57 Å². The molecule has 1 saturated heterocycles. The summed E-state index contributed by atoms with van der Waals surface area (Å²) in [5, 5.41) is 12.0. The first-order valence-electron chi connectivity index (χ1n) is 9.64. The van der Waals surface area contributed by atoms with E-state index in [-0.39, 0.29) is 27.3 Å². The third-order valence-corrected chi connectivity index (χ3v) is 6.33. The van der Waals surface area contributed by atoms with Crippen LogP contribution >= 0.6 is 27.7 Å². The lowest BCUT2D eigenvalue weighted by Crippen LogP contribution is -2.35. The maximum atomic E-state index is 13.6. The van der Waals surface area contributed by atoms with Crippen LogP contribution in [0.1, 0.15) is 27.2 Å². The predicted octanol–water partition coefficient (Wildman–Crippen LogP) is 3.88. The molecule has 1 atom stereocenters. The highest BCUT2D eigenvalue weighted by Crippen LogP contribution is 2.35. The number of benzene rings is 1. The molecule has 0 N–H and O–H groups in total. The number of carbonyl (C=O) groups excluding carboxylic acids is 1. The highest BCUT2D eigenvalue weighted by Gasteiger charge is 2.32. The van der Waals surface area contributed by atoms with E-state index >= 15 is 0 Å². The first kappa shape index (κ1) is 22.5. The highest BCUT2D eigenvalue weighted by molar-refractivity contribution is 9.10. The molecule has 0 unspecified atom stereocenters. The third kappa shape index (κ3) is 4.72. The molecular formula is C19H19BrFN5O5S. The summed E-state index contributed by atoms with van der Waals surface area (Å²) in [6, 6.07) is 4.05. The topological polar surface area (TPSA) is 116 Å². The quantitative estimate of drug-likeness (QED) is 0.497. The van der Waals surface area contributed by atoms with E-state index in [9.17, 15) is 14.0 Å². The zero-order valence-electron chi connectivity index (χ0n) is 17.4. The Morgan fingerprint density at radius 2 is 2.09 bits per heavy atom. The summed E-state index contributed by atoms with van der Waals surface area (Å²) in [6.07, 6.45) is 0.346. The second-order valence-electron chi connectivity index (χ2n) is 8.08. The molecule has 32 heavy (non-hydrogen) atoms. The normalized spacial score (nSPS) is 16.5. The SMILES string of the molecule is CC(C)(C)OC(=O)N1CC[C@@H](Sc2nonc2-c2noc(=O)n2-c2ccc(F)c(Br)c2)C1. The van der Waals surface area contributed by atoms with Gasteiger partial charge < -0.3 is 9.64 Å². The van der Waals surface area contributed by atoms with Gasteiger partial charge in [0.2, 0.25) is 5.82 Å². The molecular weight excluding hydrogens is 509 g/mol. The molecule has 2 aromatic heterocycles. The Labute approximate surface area is 194 Å². The van der Waals surface area contributed by atoms with Gasteiger partial charge in [-0.05, 0) is 71.6 Å². The highest BCUT2D eigenvalue weighted by atomic mass is 79.9. The van der Waals surface area contributed by atoms with Gasteiger partial charge in [0.15, 0.2) is 10.7 Å². The summed E-state index contributed by atoms with van der Waals surface area (Å²) in [6.45, 7) is 6.46. The number of carbonyl (C=O) groups is 1. The predicted molar refractivity (Wildman–Crippen MR) is 115 cm³/mol. The zero-order valence-corrected chi connectivity index (χ0v) is 19.8. The molecule has 3 heterocycles. The van der Waals surface area contributed by atoms with Gasteiger partial charge in [-0.1, -0.05) is 16.9 Å². The number of rotatable bonds is 4. The Bertz CT molecular complexity index is 1200. The van der Waals surface area contributed by atoms with Crippen LogP contribution in [0.3, 0.4) is 0 Å². The molecule has 1 aliphatic rings. The number of ether oxygens (including phenoxy) is 1. The Hall–Kier alpha value is -2.67. The second-order valence-corrected chi connectivity index (χ2v) is 10.2. The van der Waals surface area contributed by atoms with E-state index < -0.39 is 17.2 Å². The third-order valence-electron chi connectivity index (χ3n) is 4.51. The van der Waals surface area contributed by atoms with Crippen LogP contribution in [0.4, 0.5) is 9.18 Å². The molecule has 1 aromatic carbocycles. The molecule has 0 bridgehead atoms. The lowest BCUT2D eigenvalue weighted by Gasteiger charge is -2.24.